The monoisotopic (exact) mass is 330 g/mol. The molecule has 0 unspecified atom stereocenters. The van der Waals surface area contributed by atoms with E-state index in [4.69, 9.17) is 9.47 Å². The Bertz CT molecular complexity index is 605. The quantitative estimate of drug-likeness (QED) is 0.557. The SMILES string of the molecule is CCCCC[C@@H]1C=C(C(=O)OC)OC(=O)[C@@]1(CC)c1ccccc1. The van der Waals surface area contributed by atoms with Crippen molar-refractivity contribution < 1.29 is 19.1 Å². The summed E-state index contributed by atoms with van der Waals surface area (Å²) in [7, 11) is 1.29. The normalized spacial score (nSPS) is 23.4. The Kier molecular flexibility index (Phi) is 6.18. The fraction of sp³-hybridized carbons (Fsp3) is 0.500. The van der Waals surface area contributed by atoms with Gasteiger partial charge < -0.3 is 9.47 Å². The fourth-order valence-corrected chi connectivity index (χ4v) is 3.53. The van der Waals surface area contributed by atoms with Crippen LogP contribution in [0.2, 0.25) is 0 Å². The van der Waals surface area contributed by atoms with E-state index in [1.807, 2.05) is 37.3 Å². The first-order valence-corrected chi connectivity index (χ1v) is 8.68. The molecule has 0 radical (unpaired) electrons. The summed E-state index contributed by atoms with van der Waals surface area (Å²) in [6.07, 6.45) is 6.47. The molecule has 1 aromatic carbocycles. The first kappa shape index (κ1) is 18.2. The lowest BCUT2D eigenvalue weighted by Crippen LogP contribution is -2.46. The molecule has 130 valence electrons. The van der Waals surface area contributed by atoms with Gasteiger partial charge in [0.15, 0.2) is 0 Å². The smallest absolute Gasteiger partial charge is 0.373 e. The molecule has 0 bridgehead atoms. The molecule has 0 saturated carbocycles. The van der Waals surface area contributed by atoms with Crippen molar-refractivity contribution in [2.45, 2.75) is 51.4 Å². The van der Waals surface area contributed by atoms with Crippen molar-refractivity contribution in [1.82, 2.24) is 0 Å². The van der Waals surface area contributed by atoms with Crippen LogP contribution in [0, 0.1) is 5.92 Å². The molecule has 1 aliphatic heterocycles. The van der Waals surface area contributed by atoms with Crippen LogP contribution in [0.3, 0.4) is 0 Å². The molecular weight excluding hydrogens is 304 g/mol. The number of rotatable bonds is 7. The zero-order valence-corrected chi connectivity index (χ0v) is 14.7. The van der Waals surface area contributed by atoms with E-state index in [1.165, 1.54) is 7.11 Å². The number of ether oxygens (including phenoxy) is 2. The fourth-order valence-electron chi connectivity index (χ4n) is 3.53. The summed E-state index contributed by atoms with van der Waals surface area (Å²) in [6, 6.07) is 9.73. The Morgan fingerprint density at radius 2 is 1.92 bits per heavy atom. The van der Waals surface area contributed by atoms with E-state index in [2.05, 4.69) is 6.92 Å². The molecule has 0 N–H and O–H groups in total. The van der Waals surface area contributed by atoms with Gasteiger partial charge in [-0.1, -0.05) is 63.4 Å². The molecule has 24 heavy (non-hydrogen) atoms. The van der Waals surface area contributed by atoms with Gasteiger partial charge in [0.2, 0.25) is 5.76 Å². The van der Waals surface area contributed by atoms with Crippen molar-refractivity contribution in [2.24, 2.45) is 5.92 Å². The largest absolute Gasteiger partial charge is 0.463 e. The molecule has 4 nitrogen and oxygen atoms in total. The second-order valence-electron chi connectivity index (χ2n) is 6.21. The zero-order chi connectivity index (χ0) is 17.6. The second kappa shape index (κ2) is 8.13. The third kappa shape index (κ3) is 3.37. The maximum absolute atomic E-state index is 13.0. The molecule has 0 fully saturated rings. The predicted molar refractivity (Wildman–Crippen MR) is 92.2 cm³/mol. The number of unbranched alkanes of at least 4 members (excludes halogenated alkanes) is 2. The number of cyclic esters (lactones) is 1. The van der Waals surface area contributed by atoms with E-state index in [9.17, 15) is 9.59 Å². The van der Waals surface area contributed by atoms with Gasteiger partial charge >= 0.3 is 11.9 Å². The molecule has 1 heterocycles. The number of methoxy groups -OCH3 is 1. The van der Waals surface area contributed by atoms with Gasteiger partial charge in [-0.3, -0.25) is 4.79 Å². The van der Waals surface area contributed by atoms with Crippen LogP contribution in [0.5, 0.6) is 0 Å². The molecule has 4 heteroatoms. The number of esters is 2. The molecule has 0 saturated heterocycles. The van der Waals surface area contributed by atoms with Gasteiger partial charge in [0.05, 0.1) is 12.5 Å². The lowest BCUT2D eigenvalue weighted by molar-refractivity contribution is -0.158. The molecule has 0 amide bonds. The summed E-state index contributed by atoms with van der Waals surface area (Å²) in [5, 5.41) is 0. The standard InChI is InChI=1S/C20H26O4/c1-4-6-8-13-16-14-17(18(21)23-3)24-19(22)20(16,5-2)15-11-9-7-10-12-15/h7,9-12,14,16H,4-6,8,13H2,1-3H3/t16-,20+/m1/s1. The van der Waals surface area contributed by atoms with Gasteiger partial charge in [-0.05, 0) is 24.5 Å². The third-order valence-corrected chi connectivity index (χ3v) is 4.90. The Hall–Kier alpha value is -2.10. The van der Waals surface area contributed by atoms with Gasteiger partial charge in [0.1, 0.15) is 0 Å². The summed E-state index contributed by atoms with van der Waals surface area (Å²) in [5.41, 5.74) is 0.200. The van der Waals surface area contributed by atoms with Crippen LogP contribution in [0.25, 0.3) is 0 Å². The molecule has 2 atom stereocenters. The van der Waals surface area contributed by atoms with Crippen molar-refractivity contribution >= 4 is 11.9 Å². The Balaban J connectivity index is 2.47. The lowest BCUT2D eigenvalue weighted by atomic mass is 9.65. The molecular formula is C20H26O4. The number of benzene rings is 1. The first-order chi connectivity index (χ1) is 11.6. The molecule has 1 aromatic rings. The maximum Gasteiger partial charge on any atom is 0.373 e. The number of hydrogen-bond acceptors (Lipinski definition) is 4. The third-order valence-electron chi connectivity index (χ3n) is 4.90. The van der Waals surface area contributed by atoms with Crippen molar-refractivity contribution in [2.75, 3.05) is 7.11 Å². The summed E-state index contributed by atoms with van der Waals surface area (Å²) < 4.78 is 10.1. The highest BCUT2D eigenvalue weighted by Gasteiger charge is 2.50. The average Bonchev–Trinajstić information content (AvgIpc) is 2.62. The van der Waals surface area contributed by atoms with Crippen molar-refractivity contribution in [3.63, 3.8) is 0 Å². The van der Waals surface area contributed by atoms with Crippen LogP contribution in [-0.2, 0) is 24.5 Å². The summed E-state index contributed by atoms with van der Waals surface area (Å²) in [5.74, 6) is -1.02. The zero-order valence-electron chi connectivity index (χ0n) is 14.7. The van der Waals surface area contributed by atoms with Gasteiger partial charge in [-0.15, -0.1) is 0 Å². The Morgan fingerprint density at radius 1 is 1.21 bits per heavy atom. The van der Waals surface area contributed by atoms with Gasteiger partial charge in [0.25, 0.3) is 0 Å². The molecule has 0 spiro atoms. The number of carbonyl (C=O) groups is 2. The predicted octanol–water partition coefficient (Wildman–Crippen LogP) is 4.14. The van der Waals surface area contributed by atoms with Gasteiger partial charge in [-0.25, -0.2) is 4.79 Å². The van der Waals surface area contributed by atoms with Gasteiger partial charge in [-0.2, -0.15) is 0 Å². The molecule has 0 aliphatic carbocycles. The van der Waals surface area contributed by atoms with E-state index < -0.39 is 11.4 Å². The van der Waals surface area contributed by atoms with E-state index in [-0.39, 0.29) is 17.6 Å². The van der Waals surface area contributed by atoms with E-state index in [0.717, 1.165) is 31.2 Å². The van der Waals surface area contributed by atoms with E-state index >= 15 is 0 Å². The second-order valence-corrected chi connectivity index (χ2v) is 6.21. The summed E-state index contributed by atoms with van der Waals surface area (Å²) >= 11 is 0. The maximum atomic E-state index is 13.0. The van der Waals surface area contributed by atoms with Gasteiger partial charge in [0, 0.05) is 5.92 Å². The first-order valence-electron chi connectivity index (χ1n) is 8.68. The highest BCUT2D eigenvalue weighted by atomic mass is 16.6. The topological polar surface area (TPSA) is 52.6 Å². The molecule has 2 rings (SSSR count). The lowest BCUT2D eigenvalue weighted by Gasteiger charge is -2.40. The minimum absolute atomic E-state index is 0.0176. The van der Waals surface area contributed by atoms with Crippen molar-refractivity contribution in [3.8, 4) is 0 Å². The van der Waals surface area contributed by atoms with Crippen LogP contribution in [0.1, 0.15) is 51.5 Å². The average molecular weight is 330 g/mol. The van der Waals surface area contributed by atoms with Crippen molar-refractivity contribution in [3.05, 3.63) is 47.7 Å². The van der Waals surface area contributed by atoms with Crippen molar-refractivity contribution in [1.29, 1.82) is 0 Å². The van der Waals surface area contributed by atoms with Crippen LogP contribution in [-0.4, -0.2) is 19.0 Å². The van der Waals surface area contributed by atoms with Crippen LogP contribution >= 0.6 is 0 Å². The molecule has 0 aromatic heterocycles. The Morgan fingerprint density at radius 3 is 2.50 bits per heavy atom. The summed E-state index contributed by atoms with van der Waals surface area (Å²) in [4.78, 5) is 24.8. The summed E-state index contributed by atoms with van der Waals surface area (Å²) in [6.45, 7) is 4.15. The van der Waals surface area contributed by atoms with Crippen LogP contribution in [0.4, 0.5) is 0 Å². The minimum atomic E-state index is -0.744. The number of allylic oxidation sites excluding steroid dienone is 1. The van der Waals surface area contributed by atoms with Crippen LogP contribution in [0.15, 0.2) is 42.2 Å². The van der Waals surface area contributed by atoms with E-state index in [1.54, 1.807) is 6.08 Å². The number of carbonyl (C=O) groups excluding carboxylic acids is 2. The number of hydrogen-bond donors (Lipinski definition) is 0. The highest BCUT2D eigenvalue weighted by molar-refractivity contribution is 5.94. The molecule has 1 aliphatic rings. The Labute approximate surface area is 143 Å². The van der Waals surface area contributed by atoms with E-state index in [0.29, 0.717) is 6.42 Å². The minimum Gasteiger partial charge on any atom is -0.463 e. The highest BCUT2D eigenvalue weighted by Crippen LogP contribution is 2.44. The van der Waals surface area contributed by atoms with Crippen LogP contribution < -0.4 is 0 Å².